The zero-order valence-electron chi connectivity index (χ0n) is 17.1. The molecule has 0 saturated carbocycles. The third-order valence-corrected chi connectivity index (χ3v) is 6.13. The third-order valence-electron chi connectivity index (χ3n) is 4.59. The molecule has 1 N–H and O–H groups in total. The molecule has 0 saturated heterocycles. The highest BCUT2D eigenvalue weighted by molar-refractivity contribution is 9.10. The maximum absolute atomic E-state index is 13.0. The second-order valence-electron chi connectivity index (χ2n) is 6.88. The molecule has 0 aliphatic heterocycles. The van der Waals surface area contributed by atoms with Crippen molar-refractivity contribution in [2.24, 2.45) is 0 Å². The first kappa shape index (κ1) is 23.5. The van der Waals surface area contributed by atoms with Crippen LogP contribution in [0.5, 0.6) is 0 Å². The van der Waals surface area contributed by atoms with Crippen molar-refractivity contribution in [1.29, 1.82) is 0 Å². The van der Waals surface area contributed by atoms with Gasteiger partial charge in [0.15, 0.2) is 0 Å². The summed E-state index contributed by atoms with van der Waals surface area (Å²) >= 11 is 5.09. The lowest BCUT2D eigenvalue weighted by Gasteiger charge is -2.29. The number of carbonyl (C=O) groups excluding carboxylic acids is 2. The first-order chi connectivity index (χ1) is 14.0. The van der Waals surface area contributed by atoms with Gasteiger partial charge in [-0.05, 0) is 43.2 Å². The van der Waals surface area contributed by atoms with E-state index < -0.39 is 6.04 Å². The molecule has 0 aliphatic rings. The molecule has 0 unspecified atom stereocenters. The van der Waals surface area contributed by atoms with Gasteiger partial charge in [-0.1, -0.05) is 59.6 Å². The van der Waals surface area contributed by atoms with Crippen LogP contribution in [0, 0.1) is 0 Å². The van der Waals surface area contributed by atoms with Gasteiger partial charge in [-0.2, -0.15) is 0 Å². The number of halogens is 1. The average Bonchev–Trinajstić information content (AvgIpc) is 2.73. The summed E-state index contributed by atoms with van der Waals surface area (Å²) in [5, 5.41) is 2.95. The van der Waals surface area contributed by atoms with Gasteiger partial charge in [-0.15, -0.1) is 11.8 Å². The van der Waals surface area contributed by atoms with Crippen LogP contribution in [0.25, 0.3) is 0 Å². The Labute approximate surface area is 186 Å². The Bertz CT molecular complexity index is 768. The van der Waals surface area contributed by atoms with Crippen molar-refractivity contribution in [3.63, 3.8) is 0 Å². The van der Waals surface area contributed by atoms with E-state index in [1.165, 1.54) is 0 Å². The minimum Gasteiger partial charge on any atom is -0.354 e. The number of carbonyl (C=O) groups is 2. The SMILES string of the molecule is CCCCNC(=O)[C@@H](C)N(Cc1ccc(Br)cc1)C(=O)CCSc1ccccc1. The highest BCUT2D eigenvalue weighted by atomic mass is 79.9. The zero-order valence-corrected chi connectivity index (χ0v) is 19.5. The van der Waals surface area contributed by atoms with Crippen LogP contribution in [0.1, 0.15) is 38.7 Å². The minimum absolute atomic E-state index is 0.00510. The fraction of sp³-hybridized carbons (Fsp3) is 0.391. The van der Waals surface area contributed by atoms with Crippen molar-refractivity contribution in [2.75, 3.05) is 12.3 Å². The number of hydrogen-bond donors (Lipinski definition) is 1. The lowest BCUT2D eigenvalue weighted by molar-refractivity contribution is -0.140. The van der Waals surface area contributed by atoms with E-state index in [1.54, 1.807) is 16.7 Å². The predicted molar refractivity (Wildman–Crippen MR) is 124 cm³/mol. The van der Waals surface area contributed by atoms with Crippen LogP contribution >= 0.6 is 27.7 Å². The second-order valence-corrected chi connectivity index (χ2v) is 8.96. The first-order valence-corrected chi connectivity index (χ1v) is 11.8. The number of amides is 2. The van der Waals surface area contributed by atoms with Crippen molar-refractivity contribution in [3.8, 4) is 0 Å². The number of rotatable bonds is 11. The van der Waals surface area contributed by atoms with Gasteiger partial charge in [-0.3, -0.25) is 9.59 Å². The molecule has 29 heavy (non-hydrogen) atoms. The van der Waals surface area contributed by atoms with Crippen LogP contribution in [0.3, 0.4) is 0 Å². The number of benzene rings is 2. The Balaban J connectivity index is 2.02. The fourth-order valence-corrected chi connectivity index (χ4v) is 3.95. The molecule has 2 aromatic carbocycles. The van der Waals surface area contributed by atoms with E-state index in [-0.39, 0.29) is 11.8 Å². The summed E-state index contributed by atoms with van der Waals surface area (Å²) in [5.74, 6) is 0.582. The van der Waals surface area contributed by atoms with Crippen LogP contribution in [-0.2, 0) is 16.1 Å². The Morgan fingerprint density at radius 2 is 1.79 bits per heavy atom. The molecule has 0 aliphatic carbocycles. The van der Waals surface area contributed by atoms with Crippen molar-refractivity contribution in [3.05, 3.63) is 64.6 Å². The Hall–Kier alpha value is -1.79. The summed E-state index contributed by atoms with van der Waals surface area (Å²) in [4.78, 5) is 28.4. The maximum Gasteiger partial charge on any atom is 0.242 e. The molecular formula is C23H29BrN2O2S. The molecule has 156 valence electrons. The molecule has 0 fully saturated rings. The summed E-state index contributed by atoms with van der Waals surface area (Å²) in [7, 11) is 0. The van der Waals surface area contributed by atoms with E-state index in [1.807, 2.05) is 61.5 Å². The number of unbranched alkanes of at least 4 members (excludes halogenated alkanes) is 1. The molecule has 0 aromatic heterocycles. The molecule has 2 rings (SSSR count). The monoisotopic (exact) mass is 476 g/mol. The summed E-state index contributed by atoms with van der Waals surface area (Å²) in [5.41, 5.74) is 1.01. The van der Waals surface area contributed by atoms with E-state index in [2.05, 4.69) is 28.2 Å². The summed E-state index contributed by atoms with van der Waals surface area (Å²) in [6.45, 7) is 4.96. The van der Waals surface area contributed by atoms with Crippen molar-refractivity contribution < 1.29 is 9.59 Å². The van der Waals surface area contributed by atoms with Crippen molar-refractivity contribution in [2.45, 2.75) is 50.6 Å². The summed E-state index contributed by atoms with van der Waals surface area (Å²) in [6, 6.07) is 17.4. The van der Waals surface area contributed by atoms with Crippen LogP contribution in [0.4, 0.5) is 0 Å². The Kier molecular flexibility index (Phi) is 10.3. The van der Waals surface area contributed by atoms with Crippen LogP contribution < -0.4 is 5.32 Å². The first-order valence-electron chi connectivity index (χ1n) is 10.0. The lowest BCUT2D eigenvalue weighted by Crippen LogP contribution is -2.47. The third kappa shape index (κ3) is 8.23. The molecule has 0 spiro atoms. The summed E-state index contributed by atoms with van der Waals surface area (Å²) in [6.07, 6.45) is 2.35. The van der Waals surface area contributed by atoms with Gasteiger partial charge >= 0.3 is 0 Å². The van der Waals surface area contributed by atoms with E-state index in [4.69, 9.17) is 0 Å². The highest BCUT2D eigenvalue weighted by Gasteiger charge is 2.25. The van der Waals surface area contributed by atoms with E-state index in [9.17, 15) is 9.59 Å². The van der Waals surface area contributed by atoms with Gasteiger partial charge in [0, 0.05) is 34.6 Å². The fourth-order valence-electron chi connectivity index (χ4n) is 2.82. The van der Waals surface area contributed by atoms with Gasteiger partial charge in [-0.25, -0.2) is 0 Å². The largest absolute Gasteiger partial charge is 0.354 e. The lowest BCUT2D eigenvalue weighted by atomic mass is 10.1. The smallest absolute Gasteiger partial charge is 0.242 e. The molecule has 0 radical (unpaired) electrons. The molecule has 6 heteroatoms. The molecule has 2 aromatic rings. The van der Waals surface area contributed by atoms with Gasteiger partial charge in [0.1, 0.15) is 6.04 Å². The Morgan fingerprint density at radius 3 is 2.45 bits per heavy atom. The van der Waals surface area contributed by atoms with Crippen LogP contribution in [0.15, 0.2) is 64.0 Å². The van der Waals surface area contributed by atoms with E-state index >= 15 is 0 Å². The zero-order chi connectivity index (χ0) is 21.1. The van der Waals surface area contributed by atoms with Gasteiger partial charge in [0.25, 0.3) is 0 Å². The molecule has 0 bridgehead atoms. The van der Waals surface area contributed by atoms with Crippen molar-refractivity contribution >= 4 is 39.5 Å². The van der Waals surface area contributed by atoms with Gasteiger partial charge < -0.3 is 10.2 Å². The standard InChI is InChI=1S/C23H29BrN2O2S/c1-3-4-15-25-23(28)18(2)26(17-19-10-12-20(24)13-11-19)22(27)14-16-29-21-8-6-5-7-9-21/h5-13,18H,3-4,14-17H2,1-2H3,(H,25,28)/t18-/m1/s1. The summed E-state index contributed by atoms with van der Waals surface area (Å²) < 4.78 is 0.990. The molecule has 1 atom stereocenters. The Morgan fingerprint density at radius 1 is 1.10 bits per heavy atom. The van der Waals surface area contributed by atoms with Crippen LogP contribution in [0.2, 0.25) is 0 Å². The van der Waals surface area contributed by atoms with E-state index in [0.717, 1.165) is 27.8 Å². The normalized spacial score (nSPS) is 11.7. The second kappa shape index (κ2) is 12.7. The highest BCUT2D eigenvalue weighted by Crippen LogP contribution is 2.20. The van der Waals surface area contributed by atoms with E-state index in [0.29, 0.717) is 25.3 Å². The molecule has 2 amide bonds. The van der Waals surface area contributed by atoms with Gasteiger partial charge in [0.2, 0.25) is 11.8 Å². The molecule has 4 nitrogen and oxygen atoms in total. The van der Waals surface area contributed by atoms with Gasteiger partial charge in [0.05, 0.1) is 0 Å². The average molecular weight is 477 g/mol. The minimum atomic E-state index is -0.510. The number of hydrogen-bond acceptors (Lipinski definition) is 3. The quantitative estimate of drug-likeness (QED) is 0.355. The predicted octanol–water partition coefficient (Wildman–Crippen LogP) is 5.26. The topological polar surface area (TPSA) is 49.4 Å². The molecule has 0 heterocycles. The molecular weight excluding hydrogens is 448 g/mol. The number of nitrogens with zero attached hydrogens (tertiary/aromatic N) is 1. The maximum atomic E-state index is 13.0. The number of nitrogens with one attached hydrogen (secondary N) is 1. The number of thioether (sulfide) groups is 1. The van der Waals surface area contributed by atoms with Crippen LogP contribution in [-0.4, -0.2) is 35.1 Å². The van der Waals surface area contributed by atoms with Crippen molar-refractivity contribution in [1.82, 2.24) is 10.2 Å².